The third kappa shape index (κ3) is 4.13. The van der Waals surface area contributed by atoms with Gasteiger partial charge in [0, 0.05) is 6.42 Å². The quantitative estimate of drug-likeness (QED) is 0.544. The first-order valence-electron chi connectivity index (χ1n) is 7.67. The second-order valence-electron chi connectivity index (χ2n) is 5.30. The predicted molar refractivity (Wildman–Crippen MR) is 99.2 cm³/mol. The van der Waals surface area contributed by atoms with Crippen molar-refractivity contribution in [1.29, 1.82) is 0 Å². The molecule has 0 spiro atoms. The Bertz CT molecular complexity index is 911. The highest BCUT2D eigenvalue weighted by Gasteiger charge is 2.06. The largest absolute Gasteiger partial charge is 0.497 e. The summed E-state index contributed by atoms with van der Waals surface area (Å²) >= 11 is 5.27. The SMILES string of the molecule is COc1ccc(/C=N\n2c(Cc3ccc(OC)cc3)n[nH]c2=S)cc1. The zero-order valence-electron chi connectivity index (χ0n) is 14.0. The lowest BCUT2D eigenvalue weighted by Gasteiger charge is -2.03. The predicted octanol–water partition coefficient (Wildman–Crippen LogP) is 3.43. The summed E-state index contributed by atoms with van der Waals surface area (Å²) in [4.78, 5) is 0. The number of aromatic nitrogens is 3. The van der Waals surface area contributed by atoms with Crippen molar-refractivity contribution in [1.82, 2.24) is 14.9 Å². The molecule has 0 aliphatic rings. The summed E-state index contributed by atoms with van der Waals surface area (Å²) in [5, 5.41) is 11.5. The van der Waals surface area contributed by atoms with E-state index >= 15 is 0 Å². The summed E-state index contributed by atoms with van der Waals surface area (Å²) in [5.74, 6) is 2.36. The van der Waals surface area contributed by atoms with Crippen LogP contribution in [0.2, 0.25) is 0 Å². The minimum Gasteiger partial charge on any atom is -0.497 e. The van der Waals surface area contributed by atoms with Crippen molar-refractivity contribution < 1.29 is 9.47 Å². The summed E-state index contributed by atoms with van der Waals surface area (Å²) < 4.78 is 12.4. The number of methoxy groups -OCH3 is 2. The molecule has 6 nitrogen and oxygen atoms in total. The highest BCUT2D eigenvalue weighted by atomic mass is 32.1. The van der Waals surface area contributed by atoms with Crippen LogP contribution in [-0.2, 0) is 6.42 Å². The molecule has 7 heteroatoms. The van der Waals surface area contributed by atoms with Gasteiger partial charge >= 0.3 is 0 Å². The number of aromatic amines is 1. The van der Waals surface area contributed by atoms with E-state index in [0.717, 1.165) is 28.5 Å². The summed E-state index contributed by atoms with van der Waals surface area (Å²) in [5.41, 5.74) is 2.04. The van der Waals surface area contributed by atoms with Crippen LogP contribution in [0.5, 0.6) is 11.5 Å². The minimum absolute atomic E-state index is 0.452. The first-order valence-corrected chi connectivity index (χ1v) is 8.08. The fourth-order valence-electron chi connectivity index (χ4n) is 2.30. The van der Waals surface area contributed by atoms with Crippen LogP contribution in [0.4, 0.5) is 0 Å². The van der Waals surface area contributed by atoms with Crippen molar-refractivity contribution in [3.8, 4) is 11.5 Å². The maximum absolute atomic E-state index is 5.27. The van der Waals surface area contributed by atoms with Gasteiger partial charge in [-0.2, -0.15) is 14.9 Å². The van der Waals surface area contributed by atoms with Crippen LogP contribution in [0.3, 0.4) is 0 Å². The van der Waals surface area contributed by atoms with Crippen LogP contribution in [0, 0.1) is 4.77 Å². The van der Waals surface area contributed by atoms with E-state index in [0.29, 0.717) is 11.2 Å². The van der Waals surface area contributed by atoms with Gasteiger partial charge < -0.3 is 9.47 Å². The van der Waals surface area contributed by atoms with Crippen LogP contribution in [0.25, 0.3) is 0 Å². The number of ether oxygens (including phenoxy) is 2. The lowest BCUT2D eigenvalue weighted by Crippen LogP contribution is -2.00. The zero-order valence-corrected chi connectivity index (χ0v) is 14.8. The van der Waals surface area contributed by atoms with Crippen LogP contribution in [-0.4, -0.2) is 35.3 Å². The molecule has 1 N–H and O–H groups in total. The van der Waals surface area contributed by atoms with Gasteiger partial charge in [-0.25, -0.2) is 0 Å². The molecule has 25 heavy (non-hydrogen) atoms. The maximum atomic E-state index is 5.27. The van der Waals surface area contributed by atoms with Gasteiger partial charge in [0.15, 0.2) is 5.82 Å². The lowest BCUT2D eigenvalue weighted by molar-refractivity contribution is 0.414. The van der Waals surface area contributed by atoms with E-state index in [-0.39, 0.29) is 0 Å². The number of nitrogens with one attached hydrogen (secondary N) is 1. The average molecular weight is 354 g/mol. The third-order valence-corrected chi connectivity index (χ3v) is 3.94. The Morgan fingerprint density at radius 2 is 1.64 bits per heavy atom. The molecule has 3 rings (SSSR count). The second-order valence-corrected chi connectivity index (χ2v) is 5.69. The standard InChI is InChI=1S/C18H18N4O2S/c1-23-15-7-3-13(4-8-15)11-17-20-21-18(25)22(17)19-12-14-5-9-16(24-2)10-6-14/h3-10,12H,11H2,1-2H3,(H,21,25)/b19-12-. The average Bonchev–Trinajstić information content (AvgIpc) is 3.00. The molecule has 0 aliphatic heterocycles. The van der Waals surface area contributed by atoms with Crippen LogP contribution >= 0.6 is 12.2 Å². The van der Waals surface area contributed by atoms with Crippen LogP contribution < -0.4 is 9.47 Å². The fraction of sp³-hybridized carbons (Fsp3) is 0.167. The smallest absolute Gasteiger partial charge is 0.216 e. The first-order chi connectivity index (χ1) is 12.2. The summed E-state index contributed by atoms with van der Waals surface area (Å²) in [6, 6.07) is 15.4. The zero-order chi connectivity index (χ0) is 17.6. The number of benzene rings is 2. The molecule has 2 aromatic carbocycles. The van der Waals surface area contributed by atoms with E-state index in [9.17, 15) is 0 Å². The molecule has 0 unspecified atom stereocenters. The fourth-order valence-corrected chi connectivity index (χ4v) is 2.50. The lowest BCUT2D eigenvalue weighted by atomic mass is 10.1. The van der Waals surface area contributed by atoms with Gasteiger partial charge in [-0.1, -0.05) is 12.1 Å². The van der Waals surface area contributed by atoms with E-state index in [4.69, 9.17) is 21.7 Å². The third-order valence-electron chi connectivity index (χ3n) is 3.68. The molecule has 0 amide bonds. The molecular formula is C18H18N4O2S. The summed E-state index contributed by atoms with van der Waals surface area (Å²) in [6.45, 7) is 0. The van der Waals surface area contributed by atoms with Gasteiger partial charge in [-0.15, -0.1) is 0 Å². The summed E-state index contributed by atoms with van der Waals surface area (Å²) in [6.07, 6.45) is 2.35. The van der Waals surface area contributed by atoms with E-state index < -0.39 is 0 Å². The first kappa shape index (κ1) is 16.9. The molecule has 3 aromatic rings. The number of H-pyrrole nitrogens is 1. The molecule has 1 heterocycles. The van der Waals surface area contributed by atoms with Gasteiger partial charge in [-0.05, 0) is 59.7 Å². The molecule has 0 radical (unpaired) electrons. The molecule has 128 valence electrons. The Balaban J connectivity index is 1.80. The van der Waals surface area contributed by atoms with E-state index in [1.54, 1.807) is 25.1 Å². The van der Waals surface area contributed by atoms with Crippen molar-refractivity contribution >= 4 is 18.4 Å². The van der Waals surface area contributed by atoms with Crippen LogP contribution in [0.15, 0.2) is 53.6 Å². The molecule has 0 saturated heterocycles. The molecule has 0 aliphatic carbocycles. The molecule has 0 bridgehead atoms. The van der Waals surface area contributed by atoms with Gasteiger partial charge in [0.05, 0.1) is 20.4 Å². The Morgan fingerprint density at radius 1 is 1.04 bits per heavy atom. The topological polar surface area (TPSA) is 64.4 Å². The van der Waals surface area contributed by atoms with Crippen molar-refractivity contribution in [3.63, 3.8) is 0 Å². The molecule has 0 fully saturated rings. The van der Waals surface area contributed by atoms with Crippen molar-refractivity contribution in [2.24, 2.45) is 5.10 Å². The highest BCUT2D eigenvalue weighted by Crippen LogP contribution is 2.14. The Morgan fingerprint density at radius 3 is 2.24 bits per heavy atom. The Hall–Kier alpha value is -2.93. The number of rotatable bonds is 6. The van der Waals surface area contributed by atoms with E-state index in [1.807, 2.05) is 48.5 Å². The Kier molecular flexibility index (Phi) is 5.25. The monoisotopic (exact) mass is 354 g/mol. The molecular weight excluding hydrogens is 336 g/mol. The number of hydrogen-bond acceptors (Lipinski definition) is 5. The highest BCUT2D eigenvalue weighted by molar-refractivity contribution is 7.71. The van der Waals surface area contributed by atoms with Crippen molar-refractivity contribution in [3.05, 3.63) is 70.3 Å². The Labute approximate surface area is 150 Å². The second kappa shape index (κ2) is 7.76. The van der Waals surface area contributed by atoms with Gasteiger partial charge in [0.25, 0.3) is 0 Å². The molecule has 1 aromatic heterocycles. The normalized spacial score (nSPS) is 11.0. The van der Waals surface area contributed by atoms with Crippen molar-refractivity contribution in [2.75, 3.05) is 14.2 Å². The maximum Gasteiger partial charge on any atom is 0.216 e. The minimum atomic E-state index is 0.452. The molecule has 0 saturated carbocycles. The summed E-state index contributed by atoms with van der Waals surface area (Å²) in [7, 11) is 3.29. The number of nitrogens with zero attached hydrogens (tertiary/aromatic N) is 3. The van der Waals surface area contributed by atoms with Crippen molar-refractivity contribution in [2.45, 2.75) is 6.42 Å². The van der Waals surface area contributed by atoms with Gasteiger partial charge in [-0.3, -0.25) is 5.10 Å². The van der Waals surface area contributed by atoms with Crippen LogP contribution in [0.1, 0.15) is 17.0 Å². The number of hydrogen-bond donors (Lipinski definition) is 1. The van der Waals surface area contributed by atoms with E-state index in [2.05, 4.69) is 15.3 Å². The van der Waals surface area contributed by atoms with E-state index in [1.165, 1.54) is 0 Å². The van der Waals surface area contributed by atoms with Gasteiger partial charge in [0.2, 0.25) is 4.77 Å². The molecule has 0 atom stereocenters. The van der Waals surface area contributed by atoms with Gasteiger partial charge in [0.1, 0.15) is 11.5 Å².